The highest BCUT2D eigenvalue weighted by atomic mass is 35.5. The number of carbonyl (C=O) groups excluding carboxylic acids is 2. The Balaban J connectivity index is 1.70. The molecule has 6 nitrogen and oxygen atoms in total. The fourth-order valence-electron chi connectivity index (χ4n) is 4.53. The first-order valence-corrected chi connectivity index (χ1v) is 12.2. The Kier molecular flexibility index (Phi) is 8.67. The molecule has 1 aliphatic carbocycles. The summed E-state index contributed by atoms with van der Waals surface area (Å²) in [6.45, 7) is 2.19. The number of hydrogen-bond acceptors (Lipinski definition) is 4. The highest BCUT2D eigenvalue weighted by Gasteiger charge is 2.67. The van der Waals surface area contributed by atoms with Crippen LogP contribution in [0.3, 0.4) is 0 Å². The van der Waals surface area contributed by atoms with Crippen molar-refractivity contribution in [2.45, 2.75) is 50.7 Å². The number of aryl methyl sites for hydroxylation is 1. The highest BCUT2D eigenvalue weighted by Crippen LogP contribution is 2.65. The molecule has 1 aromatic heterocycles. The minimum atomic E-state index is -4.43. The van der Waals surface area contributed by atoms with Crippen LogP contribution in [0.2, 0.25) is 5.02 Å². The summed E-state index contributed by atoms with van der Waals surface area (Å²) in [5.41, 5.74) is 0.821. The van der Waals surface area contributed by atoms with E-state index < -0.39 is 23.4 Å². The summed E-state index contributed by atoms with van der Waals surface area (Å²) in [5, 5.41) is 5.76. The second-order valence-electron chi connectivity index (χ2n) is 9.66. The molecule has 0 aliphatic heterocycles. The largest absolute Gasteiger partial charge is 0.395 e. The summed E-state index contributed by atoms with van der Waals surface area (Å²) in [6, 6.07) is 8.34. The molecule has 0 bridgehead atoms. The summed E-state index contributed by atoms with van der Waals surface area (Å²) in [5.74, 6) is -1.70. The van der Waals surface area contributed by atoms with Gasteiger partial charge in [-0.25, -0.2) is 0 Å². The topological polar surface area (TPSA) is 74.3 Å². The maximum absolute atomic E-state index is 13.9. The third-order valence-electron chi connectivity index (χ3n) is 7.07. The number of likely N-dealkylation sites (N-methyl/N-ethyl adjacent to an activating group) is 1. The van der Waals surface area contributed by atoms with Crippen molar-refractivity contribution in [2.24, 2.45) is 5.41 Å². The van der Waals surface area contributed by atoms with E-state index in [9.17, 15) is 22.8 Å². The monoisotopic (exact) mass is 524 g/mol. The lowest BCUT2D eigenvalue weighted by molar-refractivity contribution is -0.195. The normalized spacial score (nSPS) is 16.4. The molecule has 0 spiro atoms. The molecular formula is C26H32ClF3N4O2. The van der Waals surface area contributed by atoms with Gasteiger partial charge in [0, 0.05) is 49.4 Å². The van der Waals surface area contributed by atoms with Crippen LogP contribution in [0.25, 0.3) is 0 Å². The minimum Gasteiger partial charge on any atom is -0.355 e. The Bertz CT molecular complexity index is 1090. The molecule has 0 unspecified atom stereocenters. The number of aromatic nitrogens is 1. The van der Waals surface area contributed by atoms with Gasteiger partial charge in [0.1, 0.15) is 0 Å². The van der Waals surface area contributed by atoms with Gasteiger partial charge in [0.15, 0.2) is 0 Å². The fourth-order valence-corrected chi connectivity index (χ4v) is 4.64. The Morgan fingerprint density at radius 2 is 1.89 bits per heavy atom. The molecule has 0 saturated heterocycles. The minimum absolute atomic E-state index is 0.0234. The first kappa shape index (κ1) is 27.9. The fraction of sp³-hybridized carbons (Fsp3) is 0.500. The van der Waals surface area contributed by atoms with E-state index in [0.29, 0.717) is 17.0 Å². The molecule has 0 radical (unpaired) electrons. The summed E-state index contributed by atoms with van der Waals surface area (Å²) in [6.07, 6.45) is -2.87. The average molecular weight is 525 g/mol. The predicted molar refractivity (Wildman–Crippen MR) is 133 cm³/mol. The molecule has 1 saturated carbocycles. The molecule has 196 valence electrons. The molecule has 10 heteroatoms. The van der Waals surface area contributed by atoms with Crippen molar-refractivity contribution in [1.29, 1.82) is 0 Å². The lowest BCUT2D eigenvalue weighted by Gasteiger charge is -2.29. The van der Waals surface area contributed by atoms with E-state index in [0.717, 1.165) is 11.1 Å². The van der Waals surface area contributed by atoms with Gasteiger partial charge in [-0.2, -0.15) is 13.2 Å². The van der Waals surface area contributed by atoms with Crippen molar-refractivity contribution in [2.75, 3.05) is 27.7 Å². The summed E-state index contributed by atoms with van der Waals surface area (Å²) in [4.78, 5) is 30.9. The van der Waals surface area contributed by atoms with E-state index in [1.807, 2.05) is 38.1 Å². The molecule has 2 aromatic rings. The van der Waals surface area contributed by atoms with Gasteiger partial charge in [-0.3, -0.25) is 14.6 Å². The lowest BCUT2D eigenvalue weighted by atomic mass is 9.82. The van der Waals surface area contributed by atoms with Crippen molar-refractivity contribution in [3.63, 3.8) is 0 Å². The first-order chi connectivity index (χ1) is 16.9. The molecule has 1 fully saturated rings. The third kappa shape index (κ3) is 6.37. The molecular weight excluding hydrogens is 493 g/mol. The zero-order chi connectivity index (χ0) is 26.7. The van der Waals surface area contributed by atoms with Gasteiger partial charge in [-0.05, 0) is 75.7 Å². The molecule has 1 aliphatic rings. The van der Waals surface area contributed by atoms with Crippen LogP contribution < -0.4 is 10.6 Å². The number of benzene rings is 1. The van der Waals surface area contributed by atoms with Crippen molar-refractivity contribution in [1.82, 2.24) is 20.5 Å². The van der Waals surface area contributed by atoms with E-state index in [2.05, 4.69) is 15.6 Å². The molecule has 1 aromatic carbocycles. The van der Waals surface area contributed by atoms with Gasteiger partial charge in [0.05, 0.1) is 10.4 Å². The molecule has 2 amide bonds. The van der Waals surface area contributed by atoms with Crippen LogP contribution in [-0.4, -0.2) is 61.6 Å². The number of nitrogens with zero attached hydrogens (tertiary/aromatic N) is 2. The number of pyridine rings is 1. The van der Waals surface area contributed by atoms with Gasteiger partial charge in [-0.1, -0.05) is 17.7 Å². The van der Waals surface area contributed by atoms with Gasteiger partial charge in [0.2, 0.25) is 5.91 Å². The number of amides is 2. The standard InChI is InChI=1S/C26H32ClF3N4O2/c1-16-11-18(24(36)31-2)6-5-17(16)12-20(34(3)4)15-33-23(35)13-21(22-8-7-19(27)14-32-22)25(9-10-25)26(28,29)30/h5-8,11,14,20-21H,9-10,12-13,15H2,1-4H3,(H,31,36)(H,33,35)/t20-,21-/m0/s1. The molecule has 2 atom stereocenters. The SMILES string of the molecule is CNC(=O)c1ccc(C[C@@H](CNC(=O)C[C@@H](c2ccc(Cl)cn2)C2(C(F)(F)F)CC2)N(C)C)c(C)c1. The van der Waals surface area contributed by atoms with Crippen molar-refractivity contribution in [3.05, 3.63) is 63.9 Å². The van der Waals surface area contributed by atoms with E-state index in [1.165, 1.54) is 18.3 Å². The van der Waals surface area contributed by atoms with Gasteiger partial charge in [-0.15, -0.1) is 0 Å². The number of halogens is 4. The van der Waals surface area contributed by atoms with Crippen LogP contribution in [0, 0.1) is 12.3 Å². The summed E-state index contributed by atoms with van der Waals surface area (Å²) >= 11 is 5.88. The van der Waals surface area contributed by atoms with Gasteiger partial charge < -0.3 is 15.5 Å². The van der Waals surface area contributed by atoms with Crippen LogP contribution in [0.4, 0.5) is 13.2 Å². The molecule has 3 rings (SSSR count). The quantitative estimate of drug-likeness (QED) is 0.480. The zero-order valence-electron chi connectivity index (χ0n) is 20.9. The van der Waals surface area contributed by atoms with Crippen molar-refractivity contribution >= 4 is 23.4 Å². The van der Waals surface area contributed by atoms with Crippen LogP contribution in [0.5, 0.6) is 0 Å². The number of hydrogen-bond donors (Lipinski definition) is 2. The smallest absolute Gasteiger partial charge is 0.355 e. The predicted octanol–water partition coefficient (Wildman–Crippen LogP) is 4.51. The molecule has 2 N–H and O–H groups in total. The maximum atomic E-state index is 13.9. The maximum Gasteiger partial charge on any atom is 0.395 e. The number of carbonyl (C=O) groups is 2. The van der Waals surface area contributed by atoms with Crippen molar-refractivity contribution in [3.8, 4) is 0 Å². The Morgan fingerprint density at radius 1 is 1.19 bits per heavy atom. The molecule has 1 heterocycles. The average Bonchev–Trinajstić information content (AvgIpc) is 3.63. The number of alkyl halides is 3. The zero-order valence-corrected chi connectivity index (χ0v) is 21.6. The second-order valence-corrected chi connectivity index (χ2v) is 10.1. The van der Waals surface area contributed by atoms with Gasteiger partial charge >= 0.3 is 6.18 Å². The van der Waals surface area contributed by atoms with Crippen molar-refractivity contribution < 1.29 is 22.8 Å². The van der Waals surface area contributed by atoms with Crippen LogP contribution in [0.1, 0.15) is 52.4 Å². The second kappa shape index (κ2) is 11.2. The van der Waals surface area contributed by atoms with E-state index in [-0.39, 0.29) is 43.5 Å². The lowest BCUT2D eigenvalue weighted by Crippen LogP contribution is -2.43. The van der Waals surface area contributed by atoms with Gasteiger partial charge in [0.25, 0.3) is 5.91 Å². The third-order valence-corrected chi connectivity index (χ3v) is 7.29. The van der Waals surface area contributed by atoms with Crippen LogP contribution in [0.15, 0.2) is 36.5 Å². The van der Waals surface area contributed by atoms with Crippen LogP contribution >= 0.6 is 11.6 Å². The molecule has 36 heavy (non-hydrogen) atoms. The van der Waals surface area contributed by atoms with E-state index >= 15 is 0 Å². The number of nitrogens with one attached hydrogen (secondary N) is 2. The Labute approximate surface area is 214 Å². The number of rotatable bonds is 10. The highest BCUT2D eigenvalue weighted by molar-refractivity contribution is 6.30. The first-order valence-electron chi connectivity index (χ1n) is 11.8. The van der Waals surface area contributed by atoms with E-state index in [4.69, 9.17) is 11.6 Å². The van der Waals surface area contributed by atoms with Crippen LogP contribution in [-0.2, 0) is 11.2 Å². The Morgan fingerprint density at radius 3 is 2.39 bits per heavy atom. The van der Waals surface area contributed by atoms with E-state index in [1.54, 1.807) is 13.1 Å². The summed E-state index contributed by atoms with van der Waals surface area (Å²) < 4.78 is 41.8. The summed E-state index contributed by atoms with van der Waals surface area (Å²) in [7, 11) is 5.34. The Hall–Kier alpha value is -2.65.